The average Bonchev–Trinajstić information content (AvgIpc) is 2.38. The standard InChI is InChI=1S/C12H11ClF3NOS/c13-11(9-4-2-1-3-5-9)10(8-18)17(6-7-19-11)12(14,15)16/h1-5,8,10H,6-7H2. The lowest BCUT2D eigenvalue weighted by Gasteiger charge is -2.43. The van der Waals surface area contributed by atoms with Crippen LogP contribution in [0.1, 0.15) is 5.56 Å². The highest BCUT2D eigenvalue weighted by molar-refractivity contribution is 8.01. The monoisotopic (exact) mass is 309 g/mol. The molecule has 1 fully saturated rings. The van der Waals surface area contributed by atoms with E-state index in [0.717, 1.165) is 11.8 Å². The Morgan fingerprint density at radius 3 is 2.53 bits per heavy atom. The summed E-state index contributed by atoms with van der Waals surface area (Å²) in [6.45, 7) is -0.237. The third-order valence-corrected chi connectivity index (χ3v) is 5.04. The van der Waals surface area contributed by atoms with E-state index in [2.05, 4.69) is 0 Å². The van der Waals surface area contributed by atoms with Crippen molar-refractivity contribution in [2.45, 2.75) is 16.5 Å². The van der Waals surface area contributed by atoms with E-state index in [-0.39, 0.29) is 23.5 Å². The van der Waals surface area contributed by atoms with Crippen LogP contribution >= 0.6 is 23.4 Å². The van der Waals surface area contributed by atoms with Crippen molar-refractivity contribution in [3.8, 4) is 0 Å². The summed E-state index contributed by atoms with van der Waals surface area (Å²) in [6.07, 6.45) is -4.29. The van der Waals surface area contributed by atoms with Crippen LogP contribution in [0.3, 0.4) is 0 Å². The quantitative estimate of drug-likeness (QED) is 0.475. The van der Waals surface area contributed by atoms with Crippen molar-refractivity contribution in [3.05, 3.63) is 35.9 Å². The first-order valence-corrected chi connectivity index (χ1v) is 6.93. The first-order chi connectivity index (χ1) is 8.89. The molecule has 1 heterocycles. The number of benzene rings is 1. The van der Waals surface area contributed by atoms with Crippen LogP contribution in [0, 0.1) is 0 Å². The van der Waals surface area contributed by atoms with Crippen molar-refractivity contribution in [2.75, 3.05) is 12.3 Å². The second kappa shape index (κ2) is 5.34. The number of hydrogen-bond donors (Lipinski definition) is 0. The number of hydrogen-bond acceptors (Lipinski definition) is 3. The van der Waals surface area contributed by atoms with E-state index in [1.807, 2.05) is 0 Å². The van der Waals surface area contributed by atoms with Crippen LogP contribution in [0.4, 0.5) is 13.2 Å². The van der Waals surface area contributed by atoms with Gasteiger partial charge >= 0.3 is 6.30 Å². The lowest BCUT2D eigenvalue weighted by Crippen LogP contribution is -2.57. The number of rotatable bonds is 2. The maximum Gasteiger partial charge on any atom is 0.460 e. The van der Waals surface area contributed by atoms with Crippen molar-refractivity contribution in [3.63, 3.8) is 0 Å². The van der Waals surface area contributed by atoms with Gasteiger partial charge in [-0.25, -0.2) is 4.90 Å². The highest BCUT2D eigenvalue weighted by Crippen LogP contribution is 2.49. The molecule has 1 aromatic carbocycles. The molecule has 1 aliphatic heterocycles. The molecule has 1 aliphatic rings. The van der Waals surface area contributed by atoms with E-state index in [4.69, 9.17) is 11.6 Å². The Bertz CT molecular complexity index is 456. The zero-order valence-corrected chi connectivity index (χ0v) is 11.3. The molecule has 0 amide bonds. The molecule has 19 heavy (non-hydrogen) atoms. The molecule has 104 valence electrons. The van der Waals surface area contributed by atoms with Crippen LogP contribution in [-0.4, -0.2) is 35.8 Å². The second-order valence-electron chi connectivity index (χ2n) is 4.10. The fraction of sp³-hybridized carbons (Fsp3) is 0.417. The third kappa shape index (κ3) is 2.75. The zero-order chi connectivity index (χ0) is 14.1. The predicted octanol–water partition coefficient (Wildman–Crippen LogP) is 3.21. The number of halogens is 4. The van der Waals surface area contributed by atoms with Crippen LogP contribution in [-0.2, 0) is 9.00 Å². The van der Waals surface area contributed by atoms with E-state index in [1.165, 1.54) is 0 Å². The molecular formula is C12H11ClF3NOS. The van der Waals surface area contributed by atoms with Gasteiger partial charge < -0.3 is 4.79 Å². The van der Waals surface area contributed by atoms with Gasteiger partial charge in [0.2, 0.25) is 0 Å². The second-order valence-corrected chi connectivity index (χ2v) is 6.26. The highest BCUT2D eigenvalue weighted by Gasteiger charge is 2.53. The maximum atomic E-state index is 12.9. The van der Waals surface area contributed by atoms with Crippen LogP contribution in [0.2, 0.25) is 0 Å². The number of carbonyl (C=O) groups excluding carboxylic acids is 1. The summed E-state index contributed by atoms with van der Waals surface area (Å²) in [6, 6.07) is 6.96. The highest BCUT2D eigenvalue weighted by atomic mass is 35.5. The first kappa shape index (κ1) is 14.7. The minimum absolute atomic E-state index is 0.205. The molecular weight excluding hydrogens is 299 g/mol. The van der Waals surface area contributed by atoms with Gasteiger partial charge in [-0.05, 0) is 5.56 Å². The third-order valence-electron chi connectivity index (χ3n) is 2.98. The van der Waals surface area contributed by atoms with Gasteiger partial charge in [0.15, 0.2) is 0 Å². The molecule has 0 bridgehead atoms. The smallest absolute Gasteiger partial charge is 0.301 e. The van der Waals surface area contributed by atoms with Crippen molar-refractivity contribution in [2.24, 2.45) is 0 Å². The van der Waals surface area contributed by atoms with Crippen molar-refractivity contribution < 1.29 is 18.0 Å². The summed E-state index contributed by atoms with van der Waals surface area (Å²) in [5, 5.41) is 0. The van der Waals surface area contributed by atoms with E-state index in [9.17, 15) is 18.0 Å². The summed E-state index contributed by atoms with van der Waals surface area (Å²) in [7, 11) is 0. The summed E-state index contributed by atoms with van der Waals surface area (Å²) < 4.78 is 37.4. The number of carbonyl (C=O) groups is 1. The lowest BCUT2D eigenvalue weighted by molar-refractivity contribution is -0.255. The molecule has 0 radical (unpaired) electrons. The number of alkyl halides is 4. The van der Waals surface area contributed by atoms with Gasteiger partial charge in [-0.2, -0.15) is 13.2 Å². The maximum absolute atomic E-state index is 12.9. The molecule has 7 heteroatoms. The topological polar surface area (TPSA) is 20.3 Å². The van der Waals surface area contributed by atoms with Crippen LogP contribution in [0.15, 0.2) is 30.3 Å². The lowest BCUT2D eigenvalue weighted by atomic mass is 10.0. The zero-order valence-electron chi connectivity index (χ0n) is 9.73. The Morgan fingerprint density at radius 1 is 1.37 bits per heavy atom. The van der Waals surface area contributed by atoms with Gasteiger partial charge in [-0.3, -0.25) is 0 Å². The van der Waals surface area contributed by atoms with Crippen molar-refractivity contribution in [1.82, 2.24) is 4.90 Å². The van der Waals surface area contributed by atoms with E-state index in [1.54, 1.807) is 30.3 Å². The Morgan fingerprint density at radius 2 is 2.00 bits per heavy atom. The first-order valence-electron chi connectivity index (χ1n) is 5.57. The Labute approximate surface area is 117 Å². The van der Waals surface area contributed by atoms with Gasteiger partial charge in [-0.15, -0.1) is 11.8 Å². The van der Waals surface area contributed by atoms with Crippen LogP contribution in [0.25, 0.3) is 0 Å². The molecule has 1 aromatic rings. The van der Waals surface area contributed by atoms with E-state index >= 15 is 0 Å². The molecule has 0 spiro atoms. The molecule has 2 rings (SSSR count). The minimum Gasteiger partial charge on any atom is -0.301 e. The molecule has 1 saturated heterocycles. The summed E-state index contributed by atoms with van der Waals surface area (Å²) in [4.78, 5) is 11.4. The van der Waals surface area contributed by atoms with Gasteiger partial charge in [0.05, 0.1) is 0 Å². The number of aldehydes is 1. The summed E-state index contributed by atoms with van der Waals surface area (Å²) >= 11 is 7.52. The normalized spacial score (nSPS) is 29.2. The number of thioether (sulfide) groups is 1. The molecule has 2 unspecified atom stereocenters. The number of nitrogens with zero attached hydrogens (tertiary/aromatic N) is 1. The fourth-order valence-electron chi connectivity index (χ4n) is 2.08. The van der Waals surface area contributed by atoms with Crippen LogP contribution < -0.4 is 0 Å². The van der Waals surface area contributed by atoms with Gasteiger partial charge in [0.1, 0.15) is 16.5 Å². The Kier molecular flexibility index (Phi) is 4.13. The molecule has 0 aliphatic carbocycles. The SMILES string of the molecule is O=CC1N(C(F)(F)F)CCSC1(Cl)c1ccccc1. The molecule has 0 saturated carbocycles. The Hall–Kier alpha value is -0.720. The summed E-state index contributed by atoms with van der Waals surface area (Å²) in [5.41, 5.74) is 0.507. The summed E-state index contributed by atoms with van der Waals surface area (Å²) in [5.74, 6) is 0.211. The van der Waals surface area contributed by atoms with Crippen molar-refractivity contribution >= 4 is 29.6 Å². The molecule has 2 atom stereocenters. The van der Waals surface area contributed by atoms with Crippen molar-refractivity contribution in [1.29, 1.82) is 0 Å². The fourth-order valence-corrected chi connectivity index (χ4v) is 3.85. The predicted molar refractivity (Wildman–Crippen MR) is 69.0 cm³/mol. The minimum atomic E-state index is -4.57. The van der Waals surface area contributed by atoms with Gasteiger partial charge in [-0.1, -0.05) is 41.9 Å². The van der Waals surface area contributed by atoms with E-state index < -0.39 is 16.5 Å². The average molecular weight is 310 g/mol. The molecule has 2 nitrogen and oxygen atoms in total. The molecule has 0 N–H and O–H groups in total. The Balaban J connectivity index is 2.42. The van der Waals surface area contributed by atoms with Gasteiger partial charge in [0, 0.05) is 12.3 Å². The molecule has 0 aromatic heterocycles. The van der Waals surface area contributed by atoms with Crippen LogP contribution in [0.5, 0.6) is 0 Å². The van der Waals surface area contributed by atoms with Gasteiger partial charge in [0.25, 0.3) is 0 Å². The van der Waals surface area contributed by atoms with E-state index in [0.29, 0.717) is 5.56 Å². The largest absolute Gasteiger partial charge is 0.460 e.